The average Bonchev–Trinajstić information content (AvgIpc) is 3.30. The molecule has 0 aromatic carbocycles. The van der Waals surface area contributed by atoms with Crippen molar-refractivity contribution in [3.8, 4) is 0 Å². The first-order valence-corrected chi connectivity index (χ1v) is 27.8. The predicted molar refractivity (Wildman–Crippen MR) is 279 cm³/mol. The summed E-state index contributed by atoms with van der Waals surface area (Å²) in [5.41, 5.74) is 0. The Labute approximate surface area is 402 Å². The van der Waals surface area contributed by atoms with Gasteiger partial charge in [0.15, 0.2) is 6.10 Å². The lowest BCUT2D eigenvalue weighted by molar-refractivity contribution is -0.167. The molecule has 0 aromatic rings. The van der Waals surface area contributed by atoms with E-state index >= 15 is 0 Å². The van der Waals surface area contributed by atoms with E-state index in [9.17, 15) is 14.4 Å². The molecule has 0 unspecified atom stereocenters. The van der Waals surface area contributed by atoms with Gasteiger partial charge in [-0.3, -0.25) is 14.4 Å². The van der Waals surface area contributed by atoms with Crippen molar-refractivity contribution in [2.45, 2.75) is 284 Å². The third-order valence-corrected chi connectivity index (χ3v) is 12.0. The Hall–Kier alpha value is -2.89. The molecule has 0 aliphatic heterocycles. The van der Waals surface area contributed by atoms with E-state index in [1.54, 1.807) is 0 Å². The molecule has 0 saturated heterocycles. The summed E-state index contributed by atoms with van der Waals surface area (Å²) in [5, 5.41) is 0. The van der Waals surface area contributed by atoms with Crippen LogP contribution in [0.3, 0.4) is 0 Å². The fraction of sp³-hybridized carbons (Fsp3) is 0.780. The van der Waals surface area contributed by atoms with Gasteiger partial charge in [-0.15, -0.1) is 0 Å². The summed E-state index contributed by atoms with van der Waals surface area (Å²) in [5.74, 6) is -0.940. The maximum absolute atomic E-state index is 12.8. The van der Waals surface area contributed by atoms with Gasteiger partial charge in [-0.2, -0.15) is 0 Å². The average molecular weight is 909 g/mol. The molecule has 0 heterocycles. The van der Waals surface area contributed by atoms with Gasteiger partial charge in [-0.25, -0.2) is 0 Å². The molecule has 0 radical (unpaired) electrons. The quantitative estimate of drug-likeness (QED) is 0.0262. The van der Waals surface area contributed by atoms with E-state index in [0.717, 1.165) is 77.0 Å². The zero-order chi connectivity index (χ0) is 47.2. The van der Waals surface area contributed by atoms with Crippen LogP contribution >= 0.6 is 0 Å². The van der Waals surface area contributed by atoms with Gasteiger partial charge in [0.05, 0.1) is 0 Å². The van der Waals surface area contributed by atoms with Crippen LogP contribution in [0.15, 0.2) is 60.8 Å². The van der Waals surface area contributed by atoms with E-state index in [-0.39, 0.29) is 37.5 Å². The van der Waals surface area contributed by atoms with Gasteiger partial charge >= 0.3 is 17.9 Å². The van der Waals surface area contributed by atoms with Crippen LogP contribution in [0.1, 0.15) is 278 Å². The maximum Gasteiger partial charge on any atom is 0.306 e. The Balaban J connectivity index is 4.41. The molecule has 6 heteroatoms. The molecule has 0 aromatic heterocycles. The van der Waals surface area contributed by atoms with E-state index in [2.05, 4.69) is 81.5 Å². The number of allylic oxidation sites excluding steroid dienone is 10. The van der Waals surface area contributed by atoms with Gasteiger partial charge in [-0.1, -0.05) is 261 Å². The van der Waals surface area contributed by atoms with Gasteiger partial charge in [0.2, 0.25) is 0 Å². The molecule has 0 aliphatic rings. The van der Waals surface area contributed by atoms with Crippen molar-refractivity contribution in [3.05, 3.63) is 60.8 Å². The molecule has 0 amide bonds. The van der Waals surface area contributed by atoms with E-state index in [1.807, 2.05) is 0 Å². The monoisotopic (exact) mass is 909 g/mol. The fourth-order valence-corrected chi connectivity index (χ4v) is 7.89. The van der Waals surface area contributed by atoms with Crippen molar-refractivity contribution in [1.82, 2.24) is 0 Å². The number of hydrogen-bond acceptors (Lipinski definition) is 6. The highest BCUT2D eigenvalue weighted by molar-refractivity contribution is 5.71. The minimum absolute atomic E-state index is 0.0930. The van der Waals surface area contributed by atoms with E-state index in [1.165, 1.54) is 154 Å². The van der Waals surface area contributed by atoms with Crippen LogP contribution in [0.2, 0.25) is 0 Å². The molecule has 0 bridgehead atoms. The van der Waals surface area contributed by atoms with E-state index < -0.39 is 6.10 Å². The van der Waals surface area contributed by atoms with Crippen LogP contribution in [-0.4, -0.2) is 37.2 Å². The maximum atomic E-state index is 12.8. The Morgan fingerprint density at radius 1 is 0.323 bits per heavy atom. The van der Waals surface area contributed by atoms with E-state index in [0.29, 0.717) is 19.3 Å². The number of carbonyl (C=O) groups excluding carboxylic acids is 3. The van der Waals surface area contributed by atoms with Crippen molar-refractivity contribution in [2.24, 2.45) is 0 Å². The van der Waals surface area contributed by atoms with Gasteiger partial charge in [0.25, 0.3) is 0 Å². The summed E-state index contributed by atoms with van der Waals surface area (Å²) < 4.78 is 16.8. The summed E-state index contributed by atoms with van der Waals surface area (Å²) in [6.07, 6.45) is 66.4. The summed E-state index contributed by atoms with van der Waals surface area (Å²) in [6.45, 7) is 6.50. The van der Waals surface area contributed by atoms with Crippen LogP contribution in [0, 0.1) is 0 Å². The largest absolute Gasteiger partial charge is 0.462 e. The lowest BCUT2D eigenvalue weighted by Crippen LogP contribution is -2.30. The molecule has 0 saturated carbocycles. The third-order valence-electron chi connectivity index (χ3n) is 12.0. The Morgan fingerprint density at radius 2 is 0.600 bits per heavy atom. The Kier molecular flexibility index (Phi) is 51.3. The molecule has 65 heavy (non-hydrogen) atoms. The van der Waals surface area contributed by atoms with Crippen LogP contribution < -0.4 is 0 Å². The number of rotatable bonds is 50. The fourth-order valence-electron chi connectivity index (χ4n) is 7.89. The summed E-state index contributed by atoms with van der Waals surface area (Å²) in [7, 11) is 0. The van der Waals surface area contributed by atoms with Crippen molar-refractivity contribution in [3.63, 3.8) is 0 Å². The van der Waals surface area contributed by atoms with Crippen molar-refractivity contribution < 1.29 is 28.6 Å². The zero-order valence-corrected chi connectivity index (χ0v) is 43.0. The van der Waals surface area contributed by atoms with Crippen molar-refractivity contribution in [1.29, 1.82) is 0 Å². The molecule has 6 nitrogen and oxygen atoms in total. The molecular weight excluding hydrogens is 805 g/mol. The summed E-state index contributed by atoms with van der Waals surface area (Å²) in [6, 6.07) is 0. The second kappa shape index (κ2) is 53.7. The number of carbonyl (C=O) groups is 3. The first-order chi connectivity index (χ1) is 32.0. The van der Waals surface area contributed by atoms with E-state index in [4.69, 9.17) is 14.2 Å². The molecule has 0 rings (SSSR count). The number of ether oxygens (including phenoxy) is 3. The lowest BCUT2D eigenvalue weighted by atomic mass is 10.0. The molecule has 1 atom stereocenters. The number of esters is 3. The van der Waals surface area contributed by atoms with Gasteiger partial charge in [0.1, 0.15) is 13.2 Å². The SMILES string of the molecule is CC/C=C\C/C=C\C/C=C\C/C=C\C/C=C\CCCC(=O)O[C@H](COC(=O)CCCCCCCCCCCCCC)COC(=O)CCCCCCCCCCCCCCCCCCCC. The molecule has 0 aliphatic carbocycles. The Morgan fingerprint density at radius 3 is 0.923 bits per heavy atom. The van der Waals surface area contributed by atoms with Gasteiger partial charge in [-0.05, 0) is 57.8 Å². The highest BCUT2D eigenvalue weighted by atomic mass is 16.6. The number of unbranched alkanes of at least 4 members (excludes halogenated alkanes) is 29. The second-order valence-corrected chi connectivity index (χ2v) is 18.5. The van der Waals surface area contributed by atoms with Crippen LogP contribution in [0.5, 0.6) is 0 Å². The molecule has 376 valence electrons. The smallest absolute Gasteiger partial charge is 0.306 e. The molecule has 0 spiro atoms. The van der Waals surface area contributed by atoms with Crippen LogP contribution in [0.4, 0.5) is 0 Å². The molecule has 0 fully saturated rings. The summed E-state index contributed by atoms with van der Waals surface area (Å²) in [4.78, 5) is 38.0. The second-order valence-electron chi connectivity index (χ2n) is 18.5. The van der Waals surface area contributed by atoms with Gasteiger partial charge in [0, 0.05) is 19.3 Å². The third kappa shape index (κ3) is 51.9. The zero-order valence-electron chi connectivity index (χ0n) is 43.0. The first kappa shape index (κ1) is 62.1. The van der Waals surface area contributed by atoms with Crippen LogP contribution in [0.25, 0.3) is 0 Å². The standard InChI is InChI=1S/C59H104O6/c1-4-7-10-13-16-19-22-25-27-29-31-32-34-37-40-43-46-49-52-58(61)64-55-56(54-63-57(60)51-48-45-42-39-36-24-21-18-15-12-9-6-3)65-59(62)53-50-47-44-41-38-35-33-30-28-26-23-20-17-14-11-8-5-2/h8,11,17,20,26,28,33,35,41,44,56H,4-7,9-10,12-16,18-19,21-25,27,29-32,34,36-40,42-43,45-55H2,1-3H3/b11-8-,20-17-,28-26-,35-33-,44-41-/t56-/m1/s1. The highest BCUT2D eigenvalue weighted by Crippen LogP contribution is 2.16. The lowest BCUT2D eigenvalue weighted by Gasteiger charge is -2.18. The molecule has 0 N–H and O–H groups in total. The first-order valence-electron chi connectivity index (χ1n) is 27.8. The molecular formula is C59H104O6. The Bertz CT molecular complexity index is 1180. The number of hydrogen-bond donors (Lipinski definition) is 0. The minimum Gasteiger partial charge on any atom is -0.462 e. The highest BCUT2D eigenvalue weighted by Gasteiger charge is 2.19. The predicted octanol–water partition coefficient (Wildman–Crippen LogP) is 18.4. The van der Waals surface area contributed by atoms with Crippen molar-refractivity contribution >= 4 is 17.9 Å². The minimum atomic E-state index is -0.800. The normalized spacial score (nSPS) is 12.5. The van der Waals surface area contributed by atoms with Gasteiger partial charge < -0.3 is 14.2 Å². The summed E-state index contributed by atoms with van der Waals surface area (Å²) >= 11 is 0. The van der Waals surface area contributed by atoms with Crippen LogP contribution in [-0.2, 0) is 28.6 Å². The topological polar surface area (TPSA) is 78.9 Å². The van der Waals surface area contributed by atoms with Crippen molar-refractivity contribution in [2.75, 3.05) is 13.2 Å².